The van der Waals surface area contributed by atoms with Gasteiger partial charge in [-0.15, -0.1) is 0 Å². The Morgan fingerprint density at radius 1 is 1.38 bits per heavy atom. The first-order chi connectivity index (χ1) is 10.1. The van der Waals surface area contributed by atoms with Gasteiger partial charge in [0, 0.05) is 13.5 Å². The molecule has 4 heteroatoms. The first-order valence-electron chi connectivity index (χ1n) is 7.55. The summed E-state index contributed by atoms with van der Waals surface area (Å²) < 4.78 is 1.81. The molecule has 1 fully saturated rings. The van der Waals surface area contributed by atoms with E-state index >= 15 is 0 Å². The molecule has 21 heavy (non-hydrogen) atoms. The Morgan fingerprint density at radius 2 is 2.10 bits per heavy atom. The van der Waals surface area contributed by atoms with Crippen LogP contribution in [0.4, 0.5) is 0 Å². The Labute approximate surface area is 130 Å². The van der Waals surface area contributed by atoms with Crippen LogP contribution in [0.1, 0.15) is 36.2 Å². The zero-order valence-electron chi connectivity index (χ0n) is 12.5. The number of hydrogen-bond acceptors (Lipinski definition) is 2. The first kappa shape index (κ1) is 14.6. The Morgan fingerprint density at radius 3 is 2.71 bits per heavy atom. The lowest BCUT2D eigenvalue weighted by molar-refractivity contribution is 0.147. The normalized spacial score (nSPS) is 22.3. The minimum Gasteiger partial charge on any atom is -0.392 e. The van der Waals surface area contributed by atoms with Gasteiger partial charge in [-0.3, -0.25) is 4.68 Å². The highest BCUT2D eigenvalue weighted by Gasteiger charge is 2.43. The molecule has 1 N–H and O–H groups in total. The van der Waals surface area contributed by atoms with Crippen LogP contribution in [0.2, 0.25) is 5.02 Å². The lowest BCUT2D eigenvalue weighted by Crippen LogP contribution is -2.16. The SMILES string of the molecule is CCc1nn(C)c(CC(O)C2CC2c2ccccc2)c1Cl. The third kappa shape index (κ3) is 2.85. The number of benzene rings is 1. The van der Waals surface area contributed by atoms with E-state index in [1.807, 2.05) is 24.7 Å². The summed E-state index contributed by atoms with van der Waals surface area (Å²) in [6.45, 7) is 2.04. The average molecular weight is 305 g/mol. The zero-order valence-corrected chi connectivity index (χ0v) is 13.2. The molecule has 1 aromatic heterocycles. The first-order valence-corrected chi connectivity index (χ1v) is 7.92. The van der Waals surface area contributed by atoms with Gasteiger partial charge in [-0.2, -0.15) is 5.10 Å². The summed E-state index contributed by atoms with van der Waals surface area (Å²) in [7, 11) is 1.90. The molecule has 3 rings (SSSR count). The number of rotatable bonds is 5. The number of halogens is 1. The van der Waals surface area contributed by atoms with Gasteiger partial charge in [0.1, 0.15) is 0 Å². The van der Waals surface area contributed by atoms with E-state index in [9.17, 15) is 5.11 Å². The Hall–Kier alpha value is -1.32. The van der Waals surface area contributed by atoms with Crippen molar-refractivity contribution in [2.24, 2.45) is 13.0 Å². The predicted molar refractivity (Wildman–Crippen MR) is 84.6 cm³/mol. The van der Waals surface area contributed by atoms with Gasteiger partial charge in [-0.25, -0.2) is 0 Å². The number of aliphatic hydroxyl groups excluding tert-OH is 1. The maximum absolute atomic E-state index is 10.5. The van der Waals surface area contributed by atoms with Crippen molar-refractivity contribution in [2.45, 2.75) is 38.2 Å². The second-order valence-corrected chi connectivity index (χ2v) is 6.25. The second kappa shape index (κ2) is 5.82. The molecule has 112 valence electrons. The molecular weight excluding hydrogens is 284 g/mol. The summed E-state index contributed by atoms with van der Waals surface area (Å²) in [6.07, 6.45) is 2.10. The van der Waals surface area contributed by atoms with E-state index in [2.05, 4.69) is 29.4 Å². The Balaban J connectivity index is 1.68. The van der Waals surface area contributed by atoms with E-state index in [1.165, 1.54) is 5.56 Å². The van der Waals surface area contributed by atoms with Crippen molar-refractivity contribution in [1.82, 2.24) is 9.78 Å². The number of aromatic nitrogens is 2. The second-order valence-electron chi connectivity index (χ2n) is 5.87. The van der Waals surface area contributed by atoms with Gasteiger partial charge in [0.25, 0.3) is 0 Å². The van der Waals surface area contributed by atoms with Gasteiger partial charge in [-0.05, 0) is 30.2 Å². The molecule has 1 heterocycles. The molecule has 0 radical (unpaired) electrons. The molecule has 1 aromatic carbocycles. The van der Waals surface area contributed by atoms with Crippen LogP contribution in [0.25, 0.3) is 0 Å². The maximum atomic E-state index is 10.5. The molecule has 0 amide bonds. The van der Waals surface area contributed by atoms with Gasteiger partial charge in [0.05, 0.1) is 22.5 Å². The highest BCUT2D eigenvalue weighted by atomic mass is 35.5. The molecule has 3 atom stereocenters. The monoisotopic (exact) mass is 304 g/mol. The summed E-state index contributed by atoms with van der Waals surface area (Å²) in [5, 5.41) is 15.6. The van der Waals surface area contributed by atoms with Crippen LogP contribution in [0.3, 0.4) is 0 Å². The molecule has 0 aliphatic heterocycles. The molecule has 3 unspecified atom stereocenters. The lowest BCUT2D eigenvalue weighted by Gasteiger charge is -2.11. The largest absolute Gasteiger partial charge is 0.392 e. The van der Waals surface area contributed by atoms with Crippen LogP contribution in [-0.4, -0.2) is 21.0 Å². The minimum absolute atomic E-state index is 0.337. The standard InChI is InChI=1S/C17H21ClN2O/c1-3-14-17(18)15(20(2)19-14)10-16(21)13-9-12(13)11-7-5-4-6-8-11/h4-8,12-13,16,21H,3,9-10H2,1-2H3. The molecule has 1 aliphatic rings. The topological polar surface area (TPSA) is 38.0 Å². The molecule has 3 nitrogen and oxygen atoms in total. The molecule has 1 saturated carbocycles. The van der Waals surface area contributed by atoms with Crippen molar-refractivity contribution in [3.8, 4) is 0 Å². The van der Waals surface area contributed by atoms with E-state index in [0.717, 1.165) is 29.3 Å². The van der Waals surface area contributed by atoms with Crippen molar-refractivity contribution in [2.75, 3.05) is 0 Å². The maximum Gasteiger partial charge on any atom is 0.0850 e. The third-order valence-corrected chi connectivity index (χ3v) is 4.90. The van der Waals surface area contributed by atoms with Crippen LogP contribution in [0.15, 0.2) is 30.3 Å². The summed E-state index contributed by atoms with van der Waals surface area (Å²) in [5.41, 5.74) is 3.18. The van der Waals surface area contributed by atoms with Crippen LogP contribution in [0, 0.1) is 5.92 Å². The van der Waals surface area contributed by atoms with E-state index in [0.29, 0.717) is 18.3 Å². The number of hydrogen-bond donors (Lipinski definition) is 1. The number of nitrogens with zero attached hydrogens (tertiary/aromatic N) is 2. The highest BCUT2D eigenvalue weighted by molar-refractivity contribution is 6.31. The summed E-state index contributed by atoms with van der Waals surface area (Å²) in [6, 6.07) is 10.4. The molecular formula is C17H21ClN2O. The fraction of sp³-hybridized carbons (Fsp3) is 0.471. The molecule has 1 aliphatic carbocycles. The Bertz CT molecular complexity index is 623. The van der Waals surface area contributed by atoms with Gasteiger partial charge in [0.15, 0.2) is 0 Å². The molecule has 0 bridgehead atoms. The number of aliphatic hydroxyl groups is 1. The number of aryl methyl sites for hydroxylation is 2. The summed E-state index contributed by atoms with van der Waals surface area (Å²) in [5.74, 6) is 0.822. The van der Waals surface area contributed by atoms with Crippen LogP contribution < -0.4 is 0 Å². The van der Waals surface area contributed by atoms with Crippen molar-refractivity contribution in [3.05, 3.63) is 52.3 Å². The van der Waals surface area contributed by atoms with Gasteiger partial charge < -0.3 is 5.11 Å². The third-order valence-electron chi connectivity index (χ3n) is 4.47. The smallest absolute Gasteiger partial charge is 0.0850 e. The van der Waals surface area contributed by atoms with Crippen LogP contribution in [-0.2, 0) is 19.9 Å². The fourth-order valence-electron chi connectivity index (χ4n) is 3.11. The van der Waals surface area contributed by atoms with Gasteiger partial charge in [0.2, 0.25) is 0 Å². The minimum atomic E-state index is -0.354. The van der Waals surface area contributed by atoms with Crippen LogP contribution >= 0.6 is 11.6 Å². The lowest BCUT2D eigenvalue weighted by atomic mass is 10.0. The summed E-state index contributed by atoms with van der Waals surface area (Å²) >= 11 is 6.36. The van der Waals surface area contributed by atoms with Gasteiger partial charge in [-0.1, -0.05) is 48.9 Å². The summed E-state index contributed by atoms with van der Waals surface area (Å²) in [4.78, 5) is 0. The van der Waals surface area contributed by atoms with E-state index < -0.39 is 0 Å². The van der Waals surface area contributed by atoms with Crippen molar-refractivity contribution < 1.29 is 5.11 Å². The highest BCUT2D eigenvalue weighted by Crippen LogP contribution is 2.50. The fourth-order valence-corrected chi connectivity index (χ4v) is 3.49. The average Bonchev–Trinajstić information content (AvgIpc) is 3.26. The molecule has 2 aromatic rings. The van der Waals surface area contributed by atoms with E-state index in [1.54, 1.807) is 0 Å². The van der Waals surface area contributed by atoms with Gasteiger partial charge >= 0.3 is 0 Å². The Kier molecular flexibility index (Phi) is 4.05. The zero-order chi connectivity index (χ0) is 15.0. The predicted octanol–water partition coefficient (Wildman–Crippen LogP) is 3.34. The van der Waals surface area contributed by atoms with E-state index in [-0.39, 0.29) is 6.10 Å². The molecule has 0 spiro atoms. The van der Waals surface area contributed by atoms with Crippen molar-refractivity contribution in [3.63, 3.8) is 0 Å². The van der Waals surface area contributed by atoms with E-state index in [4.69, 9.17) is 11.6 Å². The molecule has 0 saturated heterocycles. The van der Waals surface area contributed by atoms with Crippen molar-refractivity contribution in [1.29, 1.82) is 0 Å². The van der Waals surface area contributed by atoms with Crippen molar-refractivity contribution >= 4 is 11.6 Å². The quantitative estimate of drug-likeness (QED) is 0.920. The van der Waals surface area contributed by atoms with Crippen LogP contribution in [0.5, 0.6) is 0 Å².